The molecule has 0 saturated heterocycles. The highest BCUT2D eigenvalue weighted by Gasteiger charge is 2.13. The minimum atomic E-state index is -3.11. The summed E-state index contributed by atoms with van der Waals surface area (Å²) in [5.74, 6) is 1.51. The van der Waals surface area contributed by atoms with Crippen LogP contribution in [0.15, 0.2) is 4.99 Å². The normalized spacial score (nSPS) is 14.3. The first-order valence-corrected chi connectivity index (χ1v) is 10.5. The maximum absolute atomic E-state index is 11.5. The molecule has 2 N–H and O–H groups in total. The van der Waals surface area contributed by atoms with E-state index in [1.165, 1.54) is 17.0 Å². The van der Waals surface area contributed by atoms with Crippen LogP contribution in [-0.2, 0) is 10.0 Å². The van der Waals surface area contributed by atoms with Crippen LogP contribution in [0.5, 0.6) is 0 Å². The lowest BCUT2D eigenvalue weighted by molar-refractivity contribution is 0.427. The van der Waals surface area contributed by atoms with Gasteiger partial charge in [0.25, 0.3) is 0 Å². The molecule has 0 fully saturated rings. The number of hydrogen-bond acceptors (Lipinski definition) is 3. The highest BCUT2D eigenvalue weighted by molar-refractivity contribution is 7.88. The molecule has 0 aromatic carbocycles. The van der Waals surface area contributed by atoms with E-state index in [0.717, 1.165) is 25.3 Å². The average Bonchev–Trinajstić information content (AvgIpc) is 2.43. The van der Waals surface area contributed by atoms with Crippen molar-refractivity contribution in [3.8, 4) is 0 Å². The lowest BCUT2D eigenvalue weighted by Gasteiger charge is -2.19. The van der Waals surface area contributed by atoms with E-state index in [2.05, 4.69) is 36.4 Å². The number of hydrogen-bond donors (Lipinski definition) is 2. The second kappa shape index (κ2) is 11.7. The Morgan fingerprint density at radius 3 is 2.30 bits per heavy atom. The molecule has 0 bridgehead atoms. The monoisotopic (exact) mass is 348 g/mol. The third-order valence-electron chi connectivity index (χ3n) is 3.56. The van der Waals surface area contributed by atoms with E-state index in [-0.39, 0.29) is 0 Å². The fraction of sp³-hybridized carbons (Fsp3) is 0.938. The lowest BCUT2D eigenvalue weighted by atomic mass is 10.0. The molecule has 0 aromatic heterocycles. The molecule has 0 radical (unpaired) electrons. The van der Waals surface area contributed by atoms with Gasteiger partial charge in [-0.1, -0.05) is 20.8 Å². The zero-order chi connectivity index (χ0) is 17.9. The Hall–Kier alpha value is -0.820. The summed E-state index contributed by atoms with van der Waals surface area (Å²) in [5, 5.41) is 6.65. The minimum Gasteiger partial charge on any atom is -0.357 e. The Bertz CT molecular complexity index is 435. The number of guanidine groups is 1. The maximum Gasteiger partial charge on any atom is 0.211 e. The fourth-order valence-electron chi connectivity index (χ4n) is 2.21. The topological polar surface area (TPSA) is 73.8 Å². The summed E-state index contributed by atoms with van der Waals surface area (Å²) in [6.45, 7) is 13.0. The predicted octanol–water partition coefficient (Wildman–Crippen LogP) is 2.04. The van der Waals surface area contributed by atoms with Gasteiger partial charge in [0, 0.05) is 32.2 Å². The van der Waals surface area contributed by atoms with Crippen molar-refractivity contribution < 1.29 is 8.42 Å². The molecule has 0 aliphatic heterocycles. The Morgan fingerprint density at radius 1 is 1.17 bits per heavy atom. The number of sulfonamides is 1. The lowest BCUT2D eigenvalue weighted by Crippen LogP contribution is -2.42. The zero-order valence-corrected chi connectivity index (χ0v) is 16.5. The van der Waals surface area contributed by atoms with E-state index in [1.807, 2.05) is 13.8 Å². The van der Waals surface area contributed by atoms with Crippen LogP contribution >= 0.6 is 0 Å². The van der Waals surface area contributed by atoms with E-state index in [1.54, 1.807) is 0 Å². The highest BCUT2D eigenvalue weighted by atomic mass is 32.2. The molecule has 23 heavy (non-hydrogen) atoms. The SMILES string of the molecule is CCNC(=NCCCN(CC)S(C)(=O)=O)NC(C)CCC(C)C. The van der Waals surface area contributed by atoms with Crippen LogP contribution in [-0.4, -0.2) is 57.2 Å². The fourth-order valence-corrected chi connectivity index (χ4v) is 3.14. The number of nitrogens with zero attached hydrogens (tertiary/aromatic N) is 2. The molecule has 7 heteroatoms. The van der Waals surface area contributed by atoms with Gasteiger partial charge in [-0.05, 0) is 39.0 Å². The first kappa shape index (κ1) is 22.2. The molecular weight excluding hydrogens is 312 g/mol. The van der Waals surface area contributed by atoms with Crippen LogP contribution in [0.3, 0.4) is 0 Å². The van der Waals surface area contributed by atoms with Gasteiger partial charge in [0.2, 0.25) is 10.0 Å². The minimum absolute atomic E-state index is 0.373. The van der Waals surface area contributed by atoms with Crippen LogP contribution in [0, 0.1) is 5.92 Å². The highest BCUT2D eigenvalue weighted by Crippen LogP contribution is 2.06. The van der Waals surface area contributed by atoms with Gasteiger partial charge in [0.1, 0.15) is 0 Å². The van der Waals surface area contributed by atoms with Crippen molar-refractivity contribution >= 4 is 16.0 Å². The van der Waals surface area contributed by atoms with E-state index < -0.39 is 10.0 Å². The van der Waals surface area contributed by atoms with Crippen LogP contribution in [0.25, 0.3) is 0 Å². The second-order valence-corrected chi connectivity index (χ2v) is 8.37. The van der Waals surface area contributed by atoms with Crippen molar-refractivity contribution in [2.45, 2.75) is 59.9 Å². The van der Waals surface area contributed by atoms with Crippen molar-refractivity contribution in [2.75, 3.05) is 32.4 Å². The molecule has 0 aliphatic rings. The number of nitrogens with one attached hydrogen (secondary N) is 2. The van der Waals surface area contributed by atoms with Gasteiger partial charge in [-0.2, -0.15) is 0 Å². The van der Waals surface area contributed by atoms with Gasteiger partial charge < -0.3 is 10.6 Å². The van der Waals surface area contributed by atoms with Crippen LogP contribution in [0.2, 0.25) is 0 Å². The summed E-state index contributed by atoms with van der Waals surface area (Å²) >= 11 is 0. The summed E-state index contributed by atoms with van der Waals surface area (Å²) < 4.78 is 24.5. The third kappa shape index (κ3) is 11.4. The smallest absolute Gasteiger partial charge is 0.211 e. The Morgan fingerprint density at radius 2 is 1.83 bits per heavy atom. The molecule has 0 saturated carbocycles. The van der Waals surface area contributed by atoms with Gasteiger partial charge in [0.15, 0.2) is 5.96 Å². The van der Waals surface area contributed by atoms with Crippen molar-refractivity contribution in [3.63, 3.8) is 0 Å². The van der Waals surface area contributed by atoms with Crippen LogP contribution in [0.4, 0.5) is 0 Å². The van der Waals surface area contributed by atoms with Gasteiger partial charge in [0.05, 0.1) is 6.26 Å². The first-order chi connectivity index (χ1) is 10.7. The molecular formula is C16H36N4O2S. The number of aliphatic imine (C=N–C) groups is 1. The maximum atomic E-state index is 11.5. The van der Waals surface area contributed by atoms with Crippen LogP contribution < -0.4 is 10.6 Å². The Labute approximate surface area is 143 Å². The van der Waals surface area contributed by atoms with E-state index >= 15 is 0 Å². The first-order valence-electron chi connectivity index (χ1n) is 8.70. The molecule has 0 aliphatic carbocycles. The molecule has 6 nitrogen and oxygen atoms in total. The van der Waals surface area contributed by atoms with Crippen molar-refractivity contribution in [2.24, 2.45) is 10.9 Å². The van der Waals surface area contributed by atoms with E-state index in [0.29, 0.717) is 31.6 Å². The second-order valence-electron chi connectivity index (χ2n) is 6.39. The summed E-state index contributed by atoms with van der Waals surface area (Å²) in [7, 11) is -3.11. The van der Waals surface area contributed by atoms with Gasteiger partial charge >= 0.3 is 0 Å². The van der Waals surface area contributed by atoms with E-state index in [4.69, 9.17) is 0 Å². The third-order valence-corrected chi connectivity index (χ3v) is 4.94. The molecule has 0 amide bonds. The van der Waals surface area contributed by atoms with Crippen LogP contribution in [0.1, 0.15) is 53.9 Å². The number of rotatable bonds is 11. The summed E-state index contributed by atoms with van der Waals surface area (Å²) in [6, 6.07) is 0.373. The molecule has 0 spiro atoms. The Balaban J connectivity index is 4.35. The molecule has 0 heterocycles. The van der Waals surface area contributed by atoms with E-state index in [9.17, 15) is 8.42 Å². The van der Waals surface area contributed by atoms with Gasteiger partial charge in [-0.25, -0.2) is 12.7 Å². The van der Waals surface area contributed by atoms with Crippen molar-refractivity contribution in [3.05, 3.63) is 0 Å². The predicted molar refractivity (Wildman–Crippen MR) is 99.4 cm³/mol. The summed E-state index contributed by atoms with van der Waals surface area (Å²) in [4.78, 5) is 4.54. The van der Waals surface area contributed by atoms with Crippen molar-refractivity contribution in [1.29, 1.82) is 0 Å². The standard InChI is InChI=1S/C16H36N4O2S/c1-7-17-16(19-15(5)11-10-14(3)4)18-12-9-13-20(8-2)23(6,21)22/h14-15H,7-13H2,1-6H3,(H2,17,18,19). The zero-order valence-electron chi connectivity index (χ0n) is 15.7. The quantitative estimate of drug-likeness (QED) is 0.340. The molecule has 0 rings (SSSR count). The van der Waals surface area contributed by atoms with Gasteiger partial charge in [-0.3, -0.25) is 4.99 Å². The molecule has 138 valence electrons. The average molecular weight is 349 g/mol. The Kier molecular flexibility index (Phi) is 11.3. The molecule has 1 atom stereocenters. The summed E-state index contributed by atoms with van der Waals surface area (Å²) in [6.07, 6.45) is 4.27. The molecule has 0 aromatic rings. The van der Waals surface area contributed by atoms with Crippen molar-refractivity contribution in [1.82, 2.24) is 14.9 Å². The molecule has 1 unspecified atom stereocenters. The largest absolute Gasteiger partial charge is 0.357 e. The van der Waals surface area contributed by atoms with Gasteiger partial charge in [-0.15, -0.1) is 0 Å². The summed E-state index contributed by atoms with van der Waals surface area (Å²) in [5.41, 5.74) is 0.